The van der Waals surface area contributed by atoms with E-state index in [0.717, 1.165) is 19.3 Å². The Morgan fingerprint density at radius 1 is 1.33 bits per heavy atom. The van der Waals surface area contributed by atoms with Gasteiger partial charge < -0.3 is 20.5 Å². The molecule has 1 aliphatic carbocycles. The SMILES string of the molecule is CCC(CO)NC1CCCCC1CNC(=O)OC(C)(C)C. The first kappa shape index (κ1) is 18.2. The molecule has 3 unspecified atom stereocenters. The zero-order valence-corrected chi connectivity index (χ0v) is 13.9. The molecular weight excluding hydrogens is 268 g/mol. The van der Waals surface area contributed by atoms with Crippen LogP contribution >= 0.6 is 0 Å². The highest BCUT2D eigenvalue weighted by Gasteiger charge is 2.27. The Balaban J connectivity index is 2.44. The van der Waals surface area contributed by atoms with Crippen LogP contribution < -0.4 is 10.6 Å². The predicted molar refractivity (Wildman–Crippen MR) is 84.3 cm³/mol. The summed E-state index contributed by atoms with van der Waals surface area (Å²) in [6.45, 7) is 8.47. The van der Waals surface area contributed by atoms with E-state index in [4.69, 9.17) is 4.74 Å². The van der Waals surface area contributed by atoms with Crippen molar-refractivity contribution < 1.29 is 14.6 Å². The summed E-state index contributed by atoms with van der Waals surface area (Å²) < 4.78 is 5.28. The van der Waals surface area contributed by atoms with Gasteiger partial charge in [0.25, 0.3) is 0 Å². The lowest BCUT2D eigenvalue weighted by Crippen LogP contribution is -2.49. The molecule has 3 atom stereocenters. The highest BCUT2D eigenvalue weighted by atomic mass is 16.6. The zero-order valence-electron chi connectivity index (χ0n) is 13.9. The standard InChI is InChI=1S/C16H32N2O3/c1-5-13(11-19)18-14-9-7-6-8-12(14)10-17-15(20)21-16(2,3)4/h12-14,18-19H,5-11H2,1-4H3,(H,17,20). The number of aliphatic hydroxyl groups excluding tert-OH is 1. The number of alkyl carbamates (subject to hydrolysis) is 1. The van der Waals surface area contributed by atoms with Crippen molar-refractivity contribution in [2.45, 2.75) is 77.5 Å². The van der Waals surface area contributed by atoms with Gasteiger partial charge in [0, 0.05) is 18.6 Å². The van der Waals surface area contributed by atoms with E-state index in [-0.39, 0.29) is 18.7 Å². The van der Waals surface area contributed by atoms with Crippen LogP contribution in [0.4, 0.5) is 4.79 Å². The summed E-state index contributed by atoms with van der Waals surface area (Å²) in [7, 11) is 0. The van der Waals surface area contributed by atoms with Gasteiger partial charge in [-0.25, -0.2) is 4.79 Å². The van der Waals surface area contributed by atoms with Gasteiger partial charge >= 0.3 is 6.09 Å². The number of carbonyl (C=O) groups is 1. The van der Waals surface area contributed by atoms with E-state index in [1.54, 1.807) is 0 Å². The normalized spacial score (nSPS) is 24.4. The van der Waals surface area contributed by atoms with E-state index >= 15 is 0 Å². The molecule has 0 radical (unpaired) electrons. The minimum atomic E-state index is -0.460. The van der Waals surface area contributed by atoms with E-state index in [1.165, 1.54) is 12.8 Å². The molecule has 21 heavy (non-hydrogen) atoms. The van der Waals surface area contributed by atoms with Crippen molar-refractivity contribution in [3.63, 3.8) is 0 Å². The lowest BCUT2D eigenvalue weighted by atomic mass is 9.84. The summed E-state index contributed by atoms with van der Waals surface area (Å²) in [5.74, 6) is 0.409. The van der Waals surface area contributed by atoms with Crippen molar-refractivity contribution in [2.75, 3.05) is 13.2 Å². The lowest BCUT2D eigenvalue weighted by Gasteiger charge is -2.35. The minimum absolute atomic E-state index is 0.150. The maximum Gasteiger partial charge on any atom is 0.407 e. The molecule has 0 aromatic heterocycles. The number of hydrogen-bond donors (Lipinski definition) is 3. The van der Waals surface area contributed by atoms with Crippen LogP contribution in [0.25, 0.3) is 0 Å². The average molecular weight is 300 g/mol. The maximum absolute atomic E-state index is 11.7. The molecule has 5 heteroatoms. The molecule has 0 aromatic carbocycles. The van der Waals surface area contributed by atoms with Gasteiger partial charge in [-0.1, -0.05) is 19.8 Å². The first-order valence-electron chi connectivity index (χ1n) is 8.19. The third kappa shape index (κ3) is 7.14. The molecule has 1 aliphatic rings. The van der Waals surface area contributed by atoms with Crippen LogP contribution in [0.2, 0.25) is 0 Å². The monoisotopic (exact) mass is 300 g/mol. The van der Waals surface area contributed by atoms with Gasteiger partial charge in [0.15, 0.2) is 0 Å². The number of nitrogens with one attached hydrogen (secondary N) is 2. The van der Waals surface area contributed by atoms with Gasteiger partial charge in [0.2, 0.25) is 0 Å². The molecule has 3 N–H and O–H groups in total. The van der Waals surface area contributed by atoms with Crippen LogP contribution in [0.1, 0.15) is 59.8 Å². The van der Waals surface area contributed by atoms with Gasteiger partial charge in [0.05, 0.1) is 6.61 Å². The number of ether oxygens (including phenoxy) is 1. The van der Waals surface area contributed by atoms with E-state index in [0.29, 0.717) is 18.5 Å². The van der Waals surface area contributed by atoms with Crippen LogP contribution in [0, 0.1) is 5.92 Å². The summed E-state index contributed by atoms with van der Waals surface area (Å²) >= 11 is 0. The number of rotatable bonds is 6. The lowest BCUT2D eigenvalue weighted by molar-refractivity contribution is 0.0508. The van der Waals surface area contributed by atoms with E-state index in [2.05, 4.69) is 17.6 Å². The predicted octanol–water partition coefficient (Wildman–Crippen LogP) is 2.43. The second kappa shape index (κ2) is 8.59. The average Bonchev–Trinajstić information content (AvgIpc) is 2.41. The third-order valence-corrected chi connectivity index (χ3v) is 3.98. The van der Waals surface area contributed by atoms with Crippen molar-refractivity contribution in [3.8, 4) is 0 Å². The highest BCUT2D eigenvalue weighted by Crippen LogP contribution is 2.24. The van der Waals surface area contributed by atoms with Gasteiger partial charge in [-0.2, -0.15) is 0 Å². The molecular formula is C16H32N2O3. The number of carbonyl (C=O) groups excluding carboxylic acids is 1. The van der Waals surface area contributed by atoms with Crippen molar-refractivity contribution in [1.82, 2.24) is 10.6 Å². The molecule has 5 nitrogen and oxygen atoms in total. The molecule has 1 saturated carbocycles. The zero-order chi connectivity index (χ0) is 15.9. The Morgan fingerprint density at radius 3 is 2.57 bits per heavy atom. The summed E-state index contributed by atoms with van der Waals surface area (Å²) in [5.41, 5.74) is -0.460. The third-order valence-electron chi connectivity index (χ3n) is 3.98. The first-order valence-corrected chi connectivity index (χ1v) is 8.19. The fourth-order valence-electron chi connectivity index (χ4n) is 2.80. The van der Waals surface area contributed by atoms with Gasteiger partial charge in [-0.3, -0.25) is 0 Å². The Morgan fingerprint density at radius 2 is 2.00 bits per heavy atom. The Labute approximate surface area is 128 Å². The van der Waals surface area contributed by atoms with Crippen molar-refractivity contribution >= 4 is 6.09 Å². The molecule has 0 heterocycles. The highest BCUT2D eigenvalue weighted by molar-refractivity contribution is 5.67. The van der Waals surface area contributed by atoms with Crippen LogP contribution in [0.5, 0.6) is 0 Å². The van der Waals surface area contributed by atoms with Crippen molar-refractivity contribution in [3.05, 3.63) is 0 Å². The molecule has 1 fully saturated rings. The molecule has 124 valence electrons. The topological polar surface area (TPSA) is 70.6 Å². The molecule has 0 aliphatic heterocycles. The maximum atomic E-state index is 11.7. The van der Waals surface area contributed by atoms with Gasteiger partial charge in [-0.15, -0.1) is 0 Å². The van der Waals surface area contributed by atoms with E-state index < -0.39 is 5.60 Å². The molecule has 0 aromatic rings. The van der Waals surface area contributed by atoms with Gasteiger partial charge in [-0.05, 0) is 46.0 Å². The van der Waals surface area contributed by atoms with Crippen molar-refractivity contribution in [2.24, 2.45) is 5.92 Å². The van der Waals surface area contributed by atoms with Crippen LogP contribution in [0.3, 0.4) is 0 Å². The Hall–Kier alpha value is -0.810. The summed E-state index contributed by atoms with van der Waals surface area (Å²) in [6, 6.07) is 0.517. The molecule has 0 bridgehead atoms. The molecule has 0 saturated heterocycles. The first-order chi connectivity index (χ1) is 9.85. The Kier molecular flexibility index (Phi) is 7.46. The largest absolute Gasteiger partial charge is 0.444 e. The van der Waals surface area contributed by atoms with Crippen LogP contribution in [-0.4, -0.2) is 42.0 Å². The number of amides is 1. The quantitative estimate of drug-likeness (QED) is 0.704. The smallest absolute Gasteiger partial charge is 0.407 e. The Bertz CT molecular complexity index is 311. The van der Waals surface area contributed by atoms with Crippen molar-refractivity contribution in [1.29, 1.82) is 0 Å². The summed E-state index contributed by atoms with van der Waals surface area (Å²) in [6.07, 6.45) is 5.20. The van der Waals surface area contributed by atoms with Crippen LogP contribution in [-0.2, 0) is 4.74 Å². The molecule has 1 rings (SSSR count). The summed E-state index contributed by atoms with van der Waals surface area (Å²) in [4.78, 5) is 11.7. The molecule has 1 amide bonds. The van der Waals surface area contributed by atoms with Crippen LogP contribution in [0.15, 0.2) is 0 Å². The fourth-order valence-corrected chi connectivity index (χ4v) is 2.80. The van der Waals surface area contributed by atoms with Gasteiger partial charge in [0.1, 0.15) is 5.60 Å². The number of hydrogen-bond acceptors (Lipinski definition) is 4. The fraction of sp³-hybridized carbons (Fsp3) is 0.938. The minimum Gasteiger partial charge on any atom is -0.444 e. The van der Waals surface area contributed by atoms with E-state index in [9.17, 15) is 9.90 Å². The second-order valence-electron chi connectivity index (χ2n) is 6.99. The molecule has 0 spiro atoms. The number of aliphatic hydroxyl groups is 1. The van der Waals surface area contributed by atoms with E-state index in [1.807, 2.05) is 20.8 Å². The second-order valence-corrected chi connectivity index (χ2v) is 6.99. The summed E-state index contributed by atoms with van der Waals surface area (Å²) in [5, 5.41) is 15.8.